The number of carbonyl (C=O) groups excluding carboxylic acids is 1. The van der Waals surface area contributed by atoms with E-state index in [2.05, 4.69) is 29.4 Å². The fraction of sp³-hybridized carbons (Fsp3) is 0.364. The number of para-hydroxylation sites is 1. The van der Waals surface area contributed by atoms with Crippen LogP contribution in [0.4, 0.5) is 5.69 Å². The van der Waals surface area contributed by atoms with Gasteiger partial charge in [-0.2, -0.15) is 0 Å². The maximum Gasteiger partial charge on any atom is 0.234 e. The highest BCUT2D eigenvalue weighted by atomic mass is 32.2. The third-order valence-corrected chi connectivity index (χ3v) is 7.62. The summed E-state index contributed by atoms with van der Waals surface area (Å²) in [6.07, 6.45) is 4.19. The number of thioether (sulfide) groups is 1. The molecule has 8 heteroatoms. The molecule has 1 aliphatic rings. The van der Waals surface area contributed by atoms with Crippen molar-refractivity contribution >= 4 is 50.6 Å². The molecule has 0 aliphatic heterocycles. The number of aromatic nitrogens is 4. The second-order valence-electron chi connectivity index (χ2n) is 7.76. The molecule has 0 saturated carbocycles. The van der Waals surface area contributed by atoms with Crippen molar-refractivity contribution in [3.05, 3.63) is 46.6 Å². The third-order valence-electron chi connectivity index (χ3n) is 5.54. The van der Waals surface area contributed by atoms with Gasteiger partial charge in [-0.25, -0.2) is 4.98 Å². The Bertz CT molecular complexity index is 1230. The number of hydrogen-bond acceptors (Lipinski definition) is 6. The standard InChI is InChI=1S/C22H23N5OS2/c1-3-17-24-21-19(15-10-9-13(2)11-16(15)30-21)20-25-26-22(27(17)20)29-12-18(28)23-14-7-5-4-6-8-14/h4-8,13H,3,9-12H2,1-2H3,(H,23,28)/t13-/m1/s1. The van der Waals surface area contributed by atoms with Crippen molar-refractivity contribution in [3.63, 3.8) is 0 Å². The second kappa shape index (κ2) is 8.00. The van der Waals surface area contributed by atoms with E-state index in [4.69, 9.17) is 4.98 Å². The monoisotopic (exact) mass is 437 g/mol. The van der Waals surface area contributed by atoms with Gasteiger partial charge in [0, 0.05) is 17.0 Å². The normalized spacial score (nSPS) is 16.1. The number of rotatable bonds is 5. The molecule has 1 aliphatic carbocycles. The summed E-state index contributed by atoms with van der Waals surface area (Å²) in [5, 5.41) is 13.8. The van der Waals surface area contributed by atoms with E-state index in [0.717, 1.165) is 57.7 Å². The quantitative estimate of drug-likeness (QED) is 0.456. The fourth-order valence-corrected chi connectivity index (χ4v) is 6.20. The molecule has 3 aromatic heterocycles. The minimum Gasteiger partial charge on any atom is -0.325 e. The van der Waals surface area contributed by atoms with Gasteiger partial charge in [0.25, 0.3) is 0 Å². The average molecular weight is 438 g/mol. The first-order chi connectivity index (χ1) is 14.6. The summed E-state index contributed by atoms with van der Waals surface area (Å²) in [4.78, 5) is 19.9. The molecule has 0 fully saturated rings. The lowest BCUT2D eigenvalue weighted by Crippen LogP contribution is -2.14. The van der Waals surface area contributed by atoms with Crippen LogP contribution in [-0.2, 0) is 24.1 Å². The fourth-order valence-electron chi connectivity index (χ4n) is 4.06. The van der Waals surface area contributed by atoms with Gasteiger partial charge in [-0.15, -0.1) is 21.5 Å². The number of carbonyl (C=O) groups is 1. The van der Waals surface area contributed by atoms with Crippen molar-refractivity contribution in [2.45, 2.75) is 44.7 Å². The van der Waals surface area contributed by atoms with Crippen LogP contribution in [0.25, 0.3) is 15.9 Å². The molecule has 1 atom stereocenters. The number of thiophene rings is 1. The Kier molecular flexibility index (Phi) is 5.20. The number of nitrogens with one attached hydrogen (secondary N) is 1. The summed E-state index contributed by atoms with van der Waals surface area (Å²) in [6.45, 7) is 4.42. The molecular formula is C22H23N5OS2. The van der Waals surface area contributed by atoms with E-state index in [-0.39, 0.29) is 11.7 Å². The Morgan fingerprint density at radius 1 is 1.30 bits per heavy atom. The van der Waals surface area contributed by atoms with Crippen LogP contribution >= 0.6 is 23.1 Å². The highest BCUT2D eigenvalue weighted by Gasteiger charge is 2.25. The first kappa shape index (κ1) is 19.5. The first-order valence-electron chi connectivity index (χ1n) is 10.3. The largest absolute Gasteiger partial charge is 0.325 e. The van der Waals surface area contributed by atoms with Gasteiger partial charge in [-0.1, -0.05) is 43.8 Å². The number of fused-ring (bicyclic) bond motifs is 5. The van der Waals surface area contributed by atoms with Gasteiger partial charge in [-0.05, 0) is 42.9 Å². The number of aryl methyl sites for hydroxylation is 2. The molecule has 154 valence electrons. The number of amides is 1. The maximum absolute atomic E-state index is 12.4. The molecule has 1 amide bonds. The van der Waals surface area contributed by atoms with Crippen LogP contribution in [0.5, 0.6) is 0 Å². The zero-order valence-corrected chi connectivity index (χ0v) is 18.6. The van der Waals surface area contributed by atoms with E-state index in [0.29, 0.717) is 0 Å². The Hall–Kier alpha value is -2.45. The topological polar surface area (TPSA) is 72.2 Å². The Labute approximate surface area is 183 Å². The molecule has 0 bridgehead atoms. The van der Waals surface area contributed by atoms with E-state index >= 15 is 0 Å². The summed E-state index contributed by atoms with van der Waals surface area (Å²) < 4.78 is 2.05. The number of hydrogen-bond donors (Lipinski definition) is 1. The van der Waals surface area contributed by atoms with Crippen LogP contribution in [0.1, 0.15) is 36.5 Å². The molecule has 1 N–H and O–H groups in total. The Balaban J connectivity index is 1.47. The van der Waals surface area contributed by atoms with E-state index in [1.54, 1.807) is 0 Å². The van der Waals surface area contributed by atoms with Crippen LogP contribution in [0, 0.1) is 5.92 Å². The summed E-state index contributed by atoms with van der Waals surface area (Å²) >= 11 is 3.22. The predicted molar refractivity (Wildman–Crippen MR) is 123 cm³/mol. The maximum atomic E-state index is 12.4. The third kappa shape index (κ3) is 3.48. The molecule has 0 unspecified atom stereocenters. The molecule has 1 aromatic carbocycles. The van der Waals surface area contributed by atoms with Crippen LogP contribution in [-0.4, -0.2) is 31.2 Å². The zero-order valence-electron chi connectivity index (χ0n) is 17.0. The summed E-state index contributed by atoms with van der Waals surface area (Å²) in [7, 11) is 0. The summed E-state index contributed by atoms with van der Waals surface area (Å²) in [5.74, 6) is 1.88. The second-order valence-corrected chi connectivity index (χ2v) is 9.78. The number of benzene rings is 1. The van der Waals surface area contributed by atoms with Crippen molar-refractivity contribution in [1.82, 2.24) is 19.6 Å². The van der Waals surface area contributed by atoms with Crippen molar-refractivity contribution < 1.29 is 4.79 Å². The summed E-state index contributed by atoms with van der Waals surface area (Å²) in [5.41, 5.74) is 3.08. The van der Waals surface area contributed by atoms with E-state index in [9.17, 15) is 4.79 Å². The number of anilines is 1. The van der Waals surface area contributed by atoms with Crippen LogP contribution < -0.4 is 5.32 Å². The predicted octanol–water partition coefficient (Wildman–Crippen LogP) is 4.76. The van der Waals surface area contributed by atoms with E-state index in [1.807, 2.05) is 46.1 Å². The number of nitrogens with zero attached hydrogens (tertiary/aromatic N) is 4. The molecule has 4 aromatic rings. The Morgan fingerprint density at radius 2 is 2.13 bits per heavy atom. The average Bonchev–Trinajstić information content (AvgIpc) is 3.32. The van der Waals surface area contributed by atoms with Crippen molar-refractivity contribution in [2.24, 2.45) is 5.92 Å². The lowest BCUT2D eigenvalue weighted by molar-refractivity contribution is -0.113. The minimum atomic E-state index is -0.0584. The van der Waals surface area contributed by atoms with E-state index in [1.165, 1.54) is 28.6 Å². The van der Waals surface area contributed by atoms with Crippen LogP contribution in [0.2, 0.25) is 0 Å². The zero-order chi connectivity index (χ0) is 20.7. The highest BCUT2D eigenvalue weighted by Crippen LogP contribution is 2.39. The van der Waals surface area contributed by atoms with Crippen molar-refractivity contribution in [2.75, 3.05) is 11.1 Å². The van der Waals surface area contributed by atoms with Gasteiger partial charge in [0.05, 0.1) is 11.1 Å². The lowest BCUT2D eigenvalue weighted by Gasteiger charge is -2.17. The van der Waals surface area contributed by atoms with Gasteiger partial charge in [0.2, 0.25) is 5.91 Å². The van der Waals surface area contributed by atoms with Gasteiger partial charge in [-0.3, -0.25) is 9.20 Å². The lowest BCUT2D eigenvalue weighted by atomic mass is 9.89. The van der Waals surface area contributed by atoms with E-state index < -0.39 is 0 Å². The molecule has 3 heterocycles. The molecule has 5 rings (SSSR count). The Morgan fingerprint density at radius 3 is 2.93 bits per heavy atom. The molecular weight excluding hydrogens is 414 g/mol. The molecule has 30 heavy (non-hydrogen) atoms. The van der Waals surface area contributed by atoms with Crippen molar-refractivity contribution in [3.8, 4) is 0 Å². The summed E-state index contributed by atoms with van der Waals surface area (Å²) in [6, 6.07) is 9.50. The van der Waals surface area contributed by atoms with Gasteiger partial charge in [0.15, 0.2) is 10.8 Å². The molecule has 0 saturated heterocycles. The SMILES string of the molecule is CCc1nc2sc3c(c2c2nnc(SCC(=O)Nc4ccccc4)n12)CC[C@@H](C)C3. The van der Waals surface area contributed by atoms with Gasteiger partial charge in [0.1, 0.15) is 10.7 Å². The minimum absolute atomic E-state index is 0.0584. The van der Waals surface area contributed by atoms with Gasteiger partial charge < -0.3 is 5.32 Å². The van der Waals surface area contributed by atoms with Gasteiger partial charge >= 0.3 is 0 Å². The first-order valence-corrected chi connectivity index (χ1v) is 12.1. The molecule has 0 radical (unpaired) electrons. The van der Waals surface area contributed by atoms with Crippen LogP contribution in [0.3, 0.4) is 0 Å². The molecule has 0 spiro atoms. The smallest absolute Gasteiger partial charge is 0.234 e. The van der Waals surface area contributed by atoms with Crippen LogP contribution in [0.15, 0.2) is 35.5 Å². The van der Waals surface area contributed by atoms with Crippen molar-refractivity contribution in [1.29, 1.82) is 0 Å². The highest BCUT2D eigenvalue weighted by molar-refractivity contribution is 7.99. The molecule has 6 nitrogen and oxygen atoms in total.